The van der Waals surface area contributed by atoms with E-state index in [0.717, 1.165) is 48.1 Å². The number of benzene rings is 1. The molecule has 2 aromatic rings. The maximum Gasteiger partial charge on any atom is 0.139 e. The molecule has 0 saturated heterocycles. The minimum absolute atomic E-state index is 0.822. The van der Waals surface area contributed by atoms with Crippen LogP contribution in [0.5, 0.6) is 0 Å². The van der Waals surface area contributed by atoms with Crippen molar-refractivity contribution in [3.8, 4) is 0 Å². The van der Waals surface area contributed by atoms with Crippen LogP contribution in [-0.4, -0.2) is 16.5 Å². The zero-order valence-corrected chi connectivity index (χ0v) is 13.3. The van der Waals surface area contributed by atoms with Gasteiger partial charge in [0.15, 0.2) is 0 Å². The van der Waals surface area contributed by atoms with Crippen molar-refractivity contribution in [3.05, 3.63) is 41.2 Å². The lowest BCUT2D eigenvalue weighted by Crippen LogP contribution is -2.09. The number of anilines is 3. The molecule has 0 aliphatic carbocycles. The van der Waals surface area contributed by atoms with Crippen molar-refractivity contribution in [2.45, 2.75) is 40.5 Å². The first-order valence-electron chi connectivity index (χ1n) is 7.65. The third-order valence-corrected chi connectivity index (χ3v) is 3.48. The van der Waals surface area contributed by atoms with Crippen LogP contribution in [0.25, 0.3) is 0 Å². The molecule has 1 heterocycles. The van der Waals surface area contributed by atoms with E-state index in [1.54, 1.807) is 0 Å². The lowest BCUT2D eigenvalue weighted by molar-refractivity contribution is 0.930. The lowest BCUT2D eigenvalue weighted by atomic mass is 10.1. The van der Waals surface area contributed by atoms with Gasteiger partial charge < -0.3 is 10.6 Å². The van der Waals surface area contributed by atoms with E-state index >= 15 is 0 Å². The molecule has 0 aliphatic rings. The summed E-state index contributed by atoms with van der Waals surface area (Å²) >= 11 is 0. The van der Waals surface area contributed by atoms with Crippen LogP contribution in [0.3, 0.4) is 0 Å². The van der Waals surface area contributed by atoms with Gasteiger partial charge >= 0.3 is 0 Å². The Hall–Kier alpha value is -2.10. The zero-order valence-electron chi connectivity index (χ0n) is 13.3. The van der Waals surface area contributed by atoms with Crippen LogP contribution in [0.2, 0.25) is 0 Å². The van der Waals surface area contributed by atoms with Gasteiger partial charge in [0.2, 0.25) is 0 Å². The third kappa shape index (κ3) is 3.72. The second-order valence-corrected chi connectivity index (χ2v) is 5.02. The molecule has 1 aromatic carbocycles. The normalized spacial score (nSPS) is 10.5. The van der Waals surface area contributed by atoms with E-state index < -0.39 is 0 Å². The monoisotopic (exact) mass is 284 g/mol. The summed E-state index contributed by atoms with van der Waals surface area (Å²) in [4.78, 5) is 9.16. The molecule has 2 rings (SSSR count). The summed E-state index contributed by atoms with van der Waals surface area (Å²) in [6.45, 7) is 9.20. The maximum atomic E-state index is 4.61. The first-order chi connectivity index (χ1) is 10.2. The van der Waals surface area contributed by atoms with Crippen molar-refractivity contribution in [2.75, 3.05) is 17.2 Å². The van der Waals surface area contributed by atoms with Crippen LogP contribution in [0.1, 0.15) is 37.7 Å². The summed E-state index contributed by atoms with van der Waals surface area (Å²) in [5.74, 6) is 2.64. The van der Waals surface area contributed by atoms with Gasteiger partial charge in [-0.25, -0.2) is 9.97 Å². The highest BCUT2D eigenvalue weighted by atomic mass is 15.1. The quantitative estimate of drug-likeness (QED) is 0.839. The number of rotatable bonds is 6. The molecule has 21 heavy (non-hydrogen) atoms. The van der Waals surface area contributed by atoms with Crippen molar-refractivity contribution in [1.29, 1.82) is 0 Å². The van der Waals surface area contributed by atoms with E-state index in [1.165, 1.54) is 5.56 Å². The Morgan fingerprint density at radius 3 is 2.14 bits per heavy atom. The molecule has 0 radical (unpaired) electrons. The number of hydrogen-bond acceptors (Lipinski definition) is 4. The Morgan fingerprint density at radius 1 is 0.905 bits per heavy atom. The smallest absolute Gasteiger partial charge is 0.139 e. The molecule has 4 nitrogen and oxygen atoms in total. The molecule has 0 saturated carbocycles. The molecule has 4 heteroatoms. The summed E-state index contributed by atoms with van der Waals surface area (Å²) in [7, 11) is 0. The molecule has 0 fully saturated rings. The van der Waals surface area contributed by atoms with Gasteiger partial charge in [-0.05, 0) is 38.0 Å². The third-order valence-electron chi connectivity index (χ3n) is 3.48. The van der Waals surface area contributed by atoms with Crippen molar-refractivity contribution >= 4 is 17.3 Å². The molecule has 2 N–H and O–H groups in total. The van der Waals surface area contributed by atoms with Crippen molar-refractivity contribution in [2.24, 2.45) is 0 Å². The van der Waals surface area contributed by atoms with Gasteiger partial charge in [-0.2, -0.15) is 0 Å². The van der Waals surface area contributed by atoms with Crippen LogP contribution in [0.4, 0.5) is 17.3 Å². The van der Waals surface area contributed by atoms with Gasteiger partial charge in [-0.3, -0.25) is 0 Å². The molecule has 0 bridgehead atoms. The summed E-state index contributed by atoms with van der Waals surface area (Å²) in [6.07, 6.45) is 1.87. The Labute approximate surface area is 127 Å². The number of aromatic nitrogens is 2. The molecule has 0 aliphatic heterocycles. The molecular formula is C17H24N4. The molecule has 112 valence electrons. The fraction of sp³-hybridized carbons (Fsp3) is 0.412. The standard InChI is InChI=1S/C17H24N4/c1-5-13-8-10-14(11-9-13)19-17-12(4)16(18-7-3)20-15(6-2)21-17/h8-11H,5-7H2,1-4H3,(H2,18,19,20,21). The number of nitrogens with one attached hydrogen (secondary N) is 2. The van der Waals surface area contributed by atoms with Crippen molar-refractivity contribution in [1.82, 2.24) is 9.97 Å². The lowest BCUT2D eigenvalue weighted by Gasteiger charge is -2.14. The van der Waals surface area contributed by atoms with Crippen LogP contribution in [0.15, 0.2) is 24.3 Å². The Balaban J connectivity index is 2.30. The van der Waals surface area contributed by atoms with E-state index in [0.29, 0.717) is 0 Å². The van der Waals surface area contributed by atoms with E-state index in [-0.39, 0.29) is 0 Å². The summed E-state index contributed by atoms with van der Waals surface area (Å²) < 4.78 is 0. The zero-order chi connectivity index (χ0) is 15.2. The highest BCUT2D eigenvalue weighted by Crippen LogP contribution is 2.24. The highest BCUT2D eigenvalue weighted by molar-refractivity contribution is 5.64. The first-order valence-corrected chi connectivity index (χ1v) is 7.65. The predicted molar refractivity (Wildman–Crippen MR) is 89.4 cm³/mol. The van der Waals surface area contributed by atoms with Gasteiger partial charge in [-0.15, -0.1) is 0 Å². The molecule has 0 amide bonds. The topological polar surface area (TPSA) is 49.8 Å². The van der Waals surface area contributed by atoms with Crippen LogP contribution < -0.4 is 10.6 Å². The Morgan fingerprint density at radius 2 is 1.57 bits per heavy atom. The van der Waals surface area contributed by atoms with Crippen LogP contribution in [0, 0.1) is 6.92 Å². The molecule has 1 aromatic heterocycles. The number of nitrogens with zero attached hydrogens (tertiary/aromatic N) is 2. The van der Waals surface area contributed by atoms with E-state index in [9.17, 15) is 0 Å². The fourth-order valence-corrected chi connectivity index (χ4v) is 2.14. The summed E-state index contributed by atoms with van der Waals surface area (Å²) in [6, 6.07) is 8.48. The average Bonchev–Trinajstić information content (AvgIpc) is 2.52. The Kier molecular flexibility index (Phi) is 5.14. The number of aryl methyl sites for hydroxylation is 2. The maximum absolute atomic E-state index is 4.61. The minimum Gasteiger partial charge on any atom is -0.370 e. The first kappa shape index (κ1) is 15.3. The van der Waals surface area contributed by atoms with Crippen molar-refractivity contribution < 1.29 is 0 Å². The average molecular weight is 284 g/mol. The van der Waals surface area contributed by atoms with Gasteiger partial charge in [0.25, 0.3) is 0 Å². The van der Waals surface area contributed by atoms with E-state index in [2.05, 4.69) is 65.6 Å². The molecule has 0 unspecified atom stereocenters. The van der Waals surface area contributed by atoms with Gasteiger partial charge in [-0.1, -0.05) is 26.0 Å². The molecular weight excluding hydrogens is 260 g/mol. The van der Waals surface area contributed by atoms with Crippen LogP contribution in [-0.2, 0) is 12.8 Å². The van der Waals surface area contributed by atoms with Gasteiger partial charge in [0, 0.05) is 24.2 Å². The molecule has 0 spiro atoms. The molecule has 0 atom stereocenters. The summed E-state index contributed by atoms with van der Waals surface area (Å²) in [5.41, 5.74) is 3.44. The highest BCUT2D eigenvalue weighted by Gasteiger charge is 2.10. The minimum atomic E-state index is 0.822. The second kappa shape index (κ2) is 7.07. The van der Waals surface area contributed by atoms with Gasteiger partial charge in [0.05, 0.1) is 0 Å². The van der Waals surface area contributed by atoms with Crippen molar-refractivity contribution in [3.63, 3.8) is 0 Å². The summed E-state index contributed by atoms with van der Waals surface area (Å²) in [5, 5.41) is 6.71. The SMILES string of the molecule is CCNc1nc(CC)nc(Nc2ccc(CC)cc2)c1C. The van der Waals surface area contributed by atoms with E-state index in [1.807, 2.05) is 6.92 Å². The fourth-order valence-electron chi connectivity index (χ4n) is 2.14. The predicted octanol–water partition coefficient (Wildman–Crippen LogP) is 4.09. The number of hydrogen-bond donors (Lipinski definition) is 2. The van der Waals surface area contributed by atoms with Gasteiger partial charge in [0.1, 0.15) is 17.5 Å². The Bertz CT molecular complexity index is 590. The van der Waals surface area contributed by atoms with E-state index in [4.69, 9.17) is 0 Å². The second-order valence-electron chi connectivity index (χ2n) is 5.02. The largest absolute Gasteiger partial charge is 0.370 e. The van der Waals surface area contributed by atoms with Crippen LogP contribution >= 0.6 is 0 Å².